The van der Waals surface area contributed by atoms with Crippen LogP contribution in [-0.2, 0) is 4.79 Å². The molecule has 3 atom stereocenters. The number of hydrogen-bond donors (Lipinski definition) is 2. The van der Waals surface area contributed by atoms with Crippen molar-refractivity contribution < 1.29 is 9.18 Å². The van der Waals surface area contributed by atoms with Crippen molar-refractivity contribution in [2.75, 3.05) is 30.3 Å². The van der Waals surface area contributed by atoms with Crippen LogP contribution in [0.4, 0.5) is 16.0 Å². The summed E-state index contributed by atoms with van der Waals surface area (Å²) < 4.78 is 14.2. The highest BCUT2D eigenvalue weighted by molar-refractivity contribution is 5.87. The van der Waals surface area contributed by atoms with Crippen LogP contribution in [0, 0.1) is 0 Å². The van der Waals surface area contributed by atoms with Gasteiger partial charge in [-0.1, -0.05) is 13.5 Å². The molecule has 0 saturated carbocycles. The molecule has 0 radical (unpaired) electrons. The molecular formula is C15H20FN5O. The summed E-state index contributed by atoms with van der Waals surface area (Å²) >= 11 is 0. The Morgan fingerprint density at radius 2 is 2.41 bits per heavy atom. The minimum atomic E-state index is -1.01. The smallest absolute Gasteiger partial charge is 0.246 e. The van der Waals surface area contributed by atoms with E-state index in [9.17, 15) is 9.18 Å². The Labute approximate surface area is 128 Å². The second-order valence-corrected chi connectivity index (χ2v) is 5.81. The number of nitrogens with zero attached hydrogens (tertiary/aromatic N) is 3. The van der Waals surface area contributed by atoms with Crippen molar-refractivity contribution in [3.63, 3.8) is 0 Å². The van der Waals surface area contributed by atoms with Crippen molar-refractivity contribution in [2.45, 2.75) is 31.5 Å². The third-order valence-electron chi connectivity index (χ3n) is 4.29. The number of piperidine rings is 1. The van der Waals surface area contributed by atoms with Gasteiger partial charge in [-0.25, -0.2) is 14.4 Å². The average molecular weight is 305 g/mol. The SMILES string of the molecule is C=CC(=O)N1CC[C@@H](F)[C@@H](Nc2ncnc3c2C(C)CN3)C1. The molecule has 7 heteroatoms. The van der Waals surface area contributed by atoms with Gasteiger partial charge in [0.15, 0.2) is 0 Å². The van der Waals surface area contributed by atoms with E-state index in [1.165, 1.54) is 12.4 Å². The molecule has 0 aromatic carbocycles. The van der Waals surface area contributed by atoms with Crippen LogP contribution < -0.4 is 10.6 Å². The lowest BCUT2D eigenvalue weighted by Crippen LogP contribution is -2.50. The highest BCUT2D eigenvalue weighted by atomic mass is 19.1. The summed E-state index contributed by atoms with van der Waals surface area (Å²) in [6.45, 7) is 7.10. The zero-order valence-electron chi connectivity index (χ0n) is 12.6. The van der Waals surface area contributed by atoms with Crippen LogP contribution in [0.3, 0.4) is 0 Å². The third kappa shape index (κ3) is 2.63. The van der Waals surface area contributed by atoms with Crippen molar-refractivity contribution in [2.24, 2.45) is 0 Å². The first-order valence-corrected chi connectivity index (χ1v) is 7.51. The molecule has 1 saturated heterocycles. The number of aromatic nitrogens is 2. The minimum absolute atomic E-state index is 0.165. The predicted molar refractivity (Wildman–Crippen MR) is 82.6 cm³/mol. The summed E-state index contributed by atoms with van der Waals surface area (Å²) in [6.07, 6.45) is 2.04. The molecule has 2 N–H and O–H groups in total. The van der Waals surface area contributed by atoms with Crippen molar-refractivity contribution in [1.29, 1.82) is 0 Å². The topological polar surface area (TPSA) is 70.2 Å². The van der Waals surface area contributed by atoms with E-state index in [4.69, 9.17) is 0 Å². The maximum atomic E-state index is 14.2. The number of alkyl halides is 1. The summed E-state index contributed by atoms with van der Waals surface area (Å²) in [5.41, 5.74) is 0.988. The number of hydrogen-bond acceptors (Lipinski definition) is 5. The number of carbonyl (C=O) groups excluding carboxylic acids is 1. The van der Waals surface area contributed by atoms with Gasteiger partial charge in [-0.15, -0.1) is 0 Å². The van der Waals surface area contributed by atoms with Gasteiger partial charge in [0.1, 0.15) is 24.1 Å². The largest absolute Gasteiger partial charge is 0.369 e. The Bertz CT molecular complexity index is 593. The molecule has 1 amide bonds. The molecule has 3 heterocycles. The second kappa shape index (κ2) is 5.90. The molecule has 0 aliphatic carbocycles. The lowest BCUT2D eigenvalue weighted by atomic mass is 10.0. The van der Waals surface area contributed by atoms with Crippen LogP contribution in [0.2, 0.25) is 0 Å². The molecule has 1 aromatic rings. The summed E-state index contributed by atoms with van der Waals surface area (Å²) in [5.74, 6) is 1.56. The van der Waals surface area contributed by atoms with Gasteiger partial charge < -0.3 is 15.5 Å². The van der Waals surface area contributed by atoms with E-state index in [1.807, 2.05) is 0 Å². The lowest BCUT2D eigenvalue weighted by Gasteiger charge is -2.35. The van der Waals surface area contributed by atoms with Crippen molar-refractivity contribution in [3.05, 3.63) is 24.5 Å². The fraction of sp³-hybridized carbons (Fsp3) is 0.533. The standard InChI is InChI=1S/C15H20FN5O/c1-3-12(22)21-5-4-10(16)11(7-21)20-15-13-9(2)6-17-14(13)18-8-19-15/h3,8-11H,1,4-7H2,2H3,(H2,17,18,19,20)/t9?,10-,11+/m1/s1. The summed E-state index contributed by atoms with van der Waals surface area (Å²) in [7, 11) is 0. The monoisotopic (exact) mass is 305 g/mol. The number of anilines is 2. The molecule has 2 aliphatic rings. The first kappa shape index (κ1) is 14.7. The van der Waals surface area contributed by atoms with Gasteiger partial charge >= 0.3 is 0 Å². The average Bonchev–Trinajstić information content (AvgIpc) is 2.91. The summed E-state index contributed by atoms with van der Waals surface area (Å²) in [4.78, 5) is 21.8. The van der Waals surface area contributed by atoms with Gasteiger partial charge in [0.2, 0.25) is 5.91 Å². The number of amides is 1. The van der Waals surface area contributed by atoms with E-state index in [0.29, 0.717) is 25.3 Å². The number of halogens is 1. The third-order valence-corrected chi connectivity index (χ3v) is 4.29. The molecule has 118 valence electrons. The van der Waals surface area contributed by atoms with E-state index in [1.54, 1.807) is 4.90 Å². The molecule has 6 nitrogen and oxygen atoms in total. The Morgan fingerprint density at radius 3 is 3.18 bits per heavy atom. The molecule has 1 aromatic heterocycles. The van der Waals surface area contributed by atoms with E-state index in [-0.39, 0.29) is 11.8 Å². The molecule has 0 bridgehead atoms. The maximum absolute atomic E-state index is 14.2. The number of nitrogens with one attached hydrogen (secondary N) is 2. The van der Waals surface area contributed by atoms with Crippen LogP contribution >= 0.6 is 0 Å². The van der Waals surface area contributed by atoms with Gasteiger partial charge in [-0.2, -0.15) is 0 Å². The first-order chi connectivity index (χ1) is 10.6. The van der Waals surface area contributed by atoms with Crippen LogP contribution in [0.1, 0.15) is 24.8 Å². The van der Waals surface area contributed by atoms with Crippen molar-refractivity contribution in [1.82, 2.24) is 14.9 Å². The second-order valence-electron chi connectivity index (χ2n) is 5.81. The van der Waals surface area contributed by atoms with E-state index >= 15 is 0 Å². The molecule has 1 unspecified atom stereocenters. The van der Waals surface area contributed by atoms with E-state index < -0.39 is 12.2 Å². The Morgan fingerprint density at radius 1 is 1.59 bits per heavy atom. The number of carbonyl (C=O) groups is 1. The first-order valence-electron chi connectivity index (χ1n) is 7.51. The van der Waals surface area contributed by atoms with Crippen LogP contribution in [0.5, 0.6) is 0 Å². The van der Waals surface area contributed by atoms with E-state index in [0.717, 1.165) is 17.9 Å². The van der Waals surface area contributed by atoms with Gasteiger partial charge in [-0.05, 0) is 12.5 Å². The molecule has 3 rings (SSSR count). The quantitative estimate of drug-likeness (QED) is 0.829. The molecule has 2 aliphatic heterocycles. The van der Waals surface area contributed by atoms with Gasteiger partial charge in [0, 0.05) is 31.1 Å². The highest BCUT2D eigenvalue weighted by Crippen LogP contribution is 2.34. The Hall–Kier alpha value is -2.18. The fourth-order valence-electron chi connectivity index (χ4n) is 3.03. The highest BCUT2D eigenvalue weighted by Gasteiger charge is 2.33. The summed E-state index contributed by atoms with van der Waals surface area (Å²) in [5, 5.41) is 6.39. The number of fused-ring (bicyclic) bond motifs is 1. The summed E-state index contributed by atoms with van der Waals surface area (Å²) in [6, 6.07) is -0.468. The number of rotatable bonds is 3. The predicted octanol–water partition coefficient (Wildman–Crippen LogP) is 1.54. The van der Waals surface area contributed by atoms with Crippen molar-refractivity contribution >= 4 is 17.5 Å². The minimum Gasteiger partial charge on any atom is -0.369 e. The normalized spacial score (nSPS) is 27.0. The van der Waals surface area contributed by atoms with Gasteiger partial charge in [0.05, 0.1) is 6.04 Å². The van der Waals surface area contributed by atoms with Gasteiger partial charge in [0.25, 0.3) is 0 Å². The molecule has 0 spiro atoms. The van der Waals surface area contributed by atoms with Crippen LogP contribution in [-0.4, -0.2) is 52.6 Å². The lowest BCUT2D eigenvalue weighted by molar-refractivity contribution is -0.127. The van der Waals surface area contributed by atoms with Gasteiger partial charge in [-0.3, -0.25) is 4.79 Å². The zero-order valence-corrected chi connectivity index (χ0v) is 12.6. The fourth-order valence-corrected chi connectivity index (χ4v) is 3.03. The molecular weight excluding hydrogens is 285 g/mol. The number of likely N-dealkylation sites (tertiary alicyclic amines) is 1. The van der Waals surface area contributed by atoms with Crippen molar-refractivity contribution in [3.8, 4) is 0 Å². The zero-order chi connectivity index (χ0) is 15.7. The Kier molecular flexibility index (Phi) is 3.96. The van der Waals surface area contributed by atoms with Crippen LogP contribution in [0.25, 0.3) is 0 Å². The van der Waals surface area contributed by atoms with E-state index in [2.05, 4.69) is 34.1 Å². The maximum Gasteiger partial charge on any atom is 0.246 e. The molecule has 22 heavy (non-hydrogen) atoms. The Balaban J connectivity index is 1.79. The van der Waals surface area contributed by atoms with Crippen LogP contribution in [0.15, 0.2) is 19.0 Å². The molecule has 1 fully saturated rings.